The number of nitrogens with zero attached hydrogens (tertiary/aromatic N) is 3. The number of aliphatic hydroxyl groups excluding tert-OH is 1. The number of benzene rings is 1. The first-order chi connectivity index (χ1) is 11.2. The molecule has 0 amide bonds. The van der Waals surface area contributed by atoms with Crippen LogP contribution in [-0.4, -0.2) is 33.0 Å². The molecule has 0 aliphatic carbocycles. The third-order valence-corrected chi connectivity index (χ3v) is 3.58. The van der Waals surface area contributed by atoms with E-state index in [0.717, 1.165) is 28.5 Å². The molecule has 5 nitrogen and oxygen atoms in total. The van der Waals surface area contributed by atoms with Crippen molar-refractivity contribution in [2.75, 3.05) is 18.5 Å². The second-order valence-electron chi connectivity index (χ2n) is 5.50. The van der Waals surface area contributed by atoms with Crippen LogP contribution in [0.15, 0.2) is 48.7 Å². The van der Waals surface area contributed by atoms with Crippen molar-refractivity contribution in [3.63, 3.8) is 0 Å². The van der Waals surface area contributed by atoms with Crippen molar-refractivity contribution in [2.24, 2.45) is 0 Å². The van der Waals surface area contributed by atoms with E-state index in [-0.39, 0.29) is 6.61 Å². The predicted octanol–water partition coefficient (Wildman–Crippen LogP) is 2.96. The lowest BCUT2D eigenvalue weighted by atomic mass is 10.1. The first-order valence-corrected chi connectivity index (χ1v) is 7.62. The lowest BCUT2D eigenvalue weighted by Crippen LogP contribution is -2.07. The van der Waals surface area contributed by atoms with Gasteiger partial charge in [-0.1, -0.05) is 17.7 Å². The van der Waals surface area contributed by atoms with Crippen LogP contribution >= 0.6 is 0 Å². The molecule has 3 rings (SSSR count). The SMILES string of the molecule is Cc1ccc(-n2nc(C)cc2-c2ccnc(NCCO)c2)cc1. The molecule has 0 spiro atoms. The summed E-state index contributed by atoms with van der Waals surface area (Å²) in [7, 11) is 0. The van der Waals surface area contributed by atoms with Crippen molar-refractivity contribution >= 4 is 5.82 Å². The van der Waals surface area contributed by atoms with Crippen LogP contribution in [0.2, 0.25) is 0 Å². The number of aryl methyl sites for hydroxylation is 2. The summed E-state index contributed by atoms with van der Waals surface area (Å²) in [5, 5.41) is 16.6. The number of hydrogen-bond donors (Lipinski definition) is 2. The van der Waals surface area contributed by atoms with Crippen LogP contribution in [0.3, 0.4) is 0 Å². The van der Waals surface area contributed by atoms with Gasteiger partial charge in [0.05, 0.1) is 23.7 Å². The highest BCUT2D eigenvalue weighted by atomic mass is 16.3. The quantitative estimate of drug-likeness (QED) is 0.760. The van der Waals surface area contributed by atoms with Crippen LogP contribution in [0.1, 0.15) is 11.3 Å². The molecule has 0 aliphatic rings. The molecule has 0 aliphatic heterocycles. The molecule has 0 radical (unpaired) electrons. The van der Waals surface area contributed by atoms with Crippen molar-refractivity contribution < 1.29 is 5.11 Å². The monoisotopic (exact) mass is 308 g/mol. The van der Waals surface area contributed by atoms with Gasteiger partial charge in [0, 0.05) is 18.3 Å². The Labute approximate surface area is 135 Å². The third kappa shape index (κ3) is 3.40. The van der Waals surface area contributed by atoms with E-state index in [1.54, 1.807) is 6.20 Å². The molecule has 23 heavy (non-hydrogen) atoms. The average Bonchev–Trinajstić information content (AvgIpc) is 2.96. The van der Waals surface area contributed by atoms with Crippen molar-refractivity contribution in [1.82, 2.24) is 14.8 Å². The number of aromatic nitrogens is 3. The van der Waals surface area contributed by atoms with Gasteiger partial charge in [-0.05, 0) is 44.2 Å². The highest BCUT2D eigenvalue weighted by molar-refractivity contribution is 5.65. The largest absolute Gasteiger partial charge is 0.395 e. The Balaban J connectivity index is 2.02. The van der Waals surface area contributed by atoms with Crippen molar-refractivity contribution in [3.05, 3.63) is 59.9 Å². The first-order valence-electron chi connectivity index (χ1n) is 7.62. The Morgan fingerprint density at radius 1 is 1.09 bits per heavy atom. The van der Waals surface area contributed by atoms with Crippen LogP contribution in [0.25, 0.3) is 16.9 Å². The molecule has 0 bridgehead atoms. The zero-order chi connectivity index (χ0) is 16.2. The number of anilines is 1. The summed E-state index contributed by atoms with van der Waals surface area (Å²) in [6.45, 7) is 4.61. The topological polar surface area (TPSA) is 63.0 Å². The van der Waals surface area contributed by atoms with Crippen LogP contribution in [0.4, 0.5) is 5.82 Å². The normalized spacial score (nSPS) is 10.7. The van der Waals surface area contributed by atoms with E-state index in [0.29, 0.717) is 6.54 Å². The summed E-state index contributed by atoms with van der Waals surface area (Å²) in [5.41, 5.74) is 5.25. The van der Waals surface area contributed by atoms with Crippen LogP contribution in [0.5, 0.6) is 0 Å². The molecule has 3 aromatic rings. The van der Waals surface area contributed by atoms with E-state index >= 15 is 0 Å². The molecule has 0 saturated heterocycles. The summed E-state index contributed by atoms with van der Waals surface area (Å²) in [4.78, 5) is 4.27. The minimum Gasteiger partial charge on any atom is -0.395 e. The smallest absolute Gasteiger partial charge is 0.126 e. The van der Waals surface area contributed by atoms with Gasteiger partial charge >= 0.3 is 0 Å². The second-order valence-corrected chi connectivity index (χ2v) is 5.50. The van der Waals surface area contributed by atoms with Crippen LogP contribution < -0.4 is 5.32 Å². The zero-order valence-electron chi connectivity index (χ0n) is 13.3. The Morgan fingerprint density at radius 2 is 1.87 bits per heavy atom. The molecule has 1 aromatic carbocycles. The van der Waals surface area contributed by atoms with Crippen LogP contribution in [0, 0.1) is 13.8 Å². The number of hydrogen-bond acceptors (Lipinski definition) is 4. The molecule has 5 heteroatoms. The van der Waals surface area contributed by atoms with Gasteiger partial charge in [-0.2, -0.15) is 5.10 Å². The van der Waals surface area contributed by atoms with Gasteiger partial charge in [0.25, 0.3) is 0 Å². The molecule has 118 valence electrons. The van der Waals surface area contributed by atoms with Gasteiger partial charge in [-0.3, -0.25) is 0 Å². The summed E-state index contributed by atoms with van der Waals surface area (Å²) in [5.74, 6) is 0.742. The molecule has 0 unspecified atom stereocenters. The lowest BCUT2D eigenvalue weighted by molar-refractivity contribution is 0.311. The maximum Gasteiger partial charge on any atom is 0.126 e. The standard InChI is InChI=1S/C18H20N4O/c1-13-3-5-16(6-4-13)22-17(11-14(2)21-22)15-7-8-19-18(12-15)20-9-10-23/h3-8,11-12,23H,9-10H2,1-2H3,(H,19,20). The number of pyridine rings is 1. The van der Waals surface area contributed by atoms with E-state index in [4.69, 9.17) is 5.11 Å². The van der Waals surface area contributed by atoms with E-state index < -0.39 is 0 Å². The Hall–Kier alpha value is -2.66. The maximum absolute atomic E-state index is 8.93. The van der Waals surface area contributed by atoms with Gasteiger partial charge in [0.15, 0.2) is 0 Å². The number of rotatable bonds is 5. The zero-order valence-corrected chi connectivity index (χ0v) is 13.3. The molecule has 2 aromatic heterocycles. The van der Waals surface area contributed by atoms with E-state index in [1.807, 2.05) is 23.7 Å². The molecular formula is C18H20N4O. The van der Waals surface area contributed by atoms with Crippen molar-refractivity contribution in [1.29, 1.82) is 0 Å². The van der Waals surface area contributed by atoms with Crippen molar-refractivity contribution in [2.45, 2.75) is 13.8 Å². The summed E-state index contributed by atoms with van der Waals surface area (Å²) >= 11 is 0. The Morgan fingerprint density at radius 3 is 2.61 bits per heavy atom. The third-order valence-electron chi connectivity index (χ3n) is 3.58. The van der Waals surface area contributed by atoms with Gasteiger partial charge in [0.2, 0.25) is 0 Å². The number of aliphatic hydroxyl groups is 1. The predicted molar refractivity (Wildman–Crippen MR) is 91.8 cm³/mol. The molecule has 0 saturated carbocycles. The number of nitrogens with one attached hydrogen (secondary N) is 1. The fourth-order valence-electron chi connectivity index (χ4n) is 2.46. The minimum absolute atomic E-state index is 0.0757. The molecule has 2 heterocycles. The maximum atomic E-state index is 8.93. The summed E-state index contributed by atoms with van der Waals surface area (Å²) < 4.78 is 1.94. The van der Waals surface area contributed by atoms with E-state index in [1.165, 1.54) is 5.56 Å². The van der Waals surface area contributed by atoms with Gasteiger partial charge < -0.3 is 10.4 Å². The molecule has 2 N–H and O–H groups in total. The van der Waals surface area contributed by atoms with Gasteiger partial charge in [0.1, 0.15) is 5.82 Å². The van der Waals surface area contributed by atoms with Gasteiger partial charge in [-0.25, -0.2) is 9.67 Å². The van der Waals surface area contributed by atoms with Crippen LogP contribution in [-0.2, 0) is 0 Å². The second kappa shape index (κ2) is 6.62. The molecule has 0 atom stereocenters. The molecule has 0 fully saturated rings. The average molecular weight is 308 g/mol. The Kier molecular flexibility index (Phi) is 4.39. The fourth-order valence-corrected chi connectivity index (χ4v) is 2.46. The fraction of sp³-hybridized carbons (Fsp3) is 0.222. The van der Waals surface area contributed by atoms with E-state index in [9.17, 15) is 0 Å². The van der Waals surface area contributed by atoms with Gasteiger partial charge in [-0.15, -0.1) is 0 Å². The lowest BCUT2D eigenvalue weighted by Gasteiger charge is -2.09. The minimum atomic E-state index is 0.0757. The molecular weight excluding hydrogens is 288 g/mol. The first kappa shape index (κ1) is 15.2. The summed E-state index contributed by atoms with van der Waals surface area (Å²) in [6, 6.07) is 14.3. The van der Waals surface area contributed by atoms with E-state index in [2.05, 4.69) is 52.7 Å². The highest BCUT2D eigenvalue weighted by Crippen LogP contribution is 2.25. The Bertz CT molecular complexity index is 793. The highest BCUT2D eigenvalue weighted by Gasteiger charge is 2.10. The van der Waals surface area contributed by atoms with Crippen molar-refractivity contribution in [3.8, 4) is 16.9 Å². The summed E-state index contributed by atoms with van der Waals surface area (Å²) in [6.07, 6.45) is 1.76.